The van der Waals surface area contributed by atoms with E-state index in [-0.39, 0.29) is 11.8 Å². The zero-order chi connectivity index (χ0) is 24.1. The zero-order valence-electron chi connectivity index (χ0n) is 20.5. The normalized spacial score (nSPS) is 14.1. The summed E-state index contributed by atoms with van der Waals surface area (Å²) in [6.07, 6.45) is 4.35. The minimum atomic E-state index is -0.0869. The lowest BCUT2D eigenvalue weighted by Gasteiger charge is -2.25. The van der Waals surface area contributed by atoms with Gasteiger partial charge in [0.2, 0.25) is 0 Å². The predicted octanol–water partition coefficient (Wildman–Crippen LogP) is 3.95. The highest BCUT2D eigenvalue weighted by Gasteiger charge is 2.27. The van der Waals surface area contributed by atoms with Gasteiger partial charge in [0, 0.05) is 18.5 Å². The van der Waals surface area contributed by atoms with Crippen molar-refractivity contribution in [2.75, 3.05) is 33.9 Å². The first kappa shape index (κ1) is 23.8. The molecule has 3 aromatic rings. The molecule has 2 heterocycles. The first-order chi connectivity index (χ1) is 16.5. The molecule has 0 spiro atoms. The van der Waals surface area contributed by atoms with E-state index in [9.17, 15) is 4.79 Å². The highest BCUT2D eigenvalue weighted by molar-refractivity contribution is 5.95. The molecule has 0 saturated carbocycles. The molecule has 34 heavy (non-hydrogen) atoms. The van der Waals surface area contributed by atoms with E-state index in [0.29, 0.717) is 18.5 Å². The molecule has 180 valence electrons. The van der Waals surface area contributed by atoms with Gasteiger partial charge in [-0.25, -0.2) is 4.68 Å². The minimum Gasteiger partial charge on any atom is -0.497 e. The molecule has 0 aliphatic carbocycles. The number of benzene rings is 2. The van der Waals surface area contributed by atoms with Gasteiger partial charge in [-0.15, -0.1) is 0 Å². The third kappa shape index (κ3) is 5.09. The second kappa shape index (κ2) is 10.7. The number of methoxy groups -OCH3 is 2. The molecule has 1 aliphatic heterocycles. The minimum absolute atomic E-state index is 0.0869. The van der Waals surface area contributed by atoms with Gasteiger partial charge >= 0.3 is 0 Å². The molecule has 1 saturated heterocycles. The number of rotatable bonds is 8. The van der Waals surface area contributed by atoms with Gasteiger partial charge in [0.1, 0.15) is 11.5 Å². The SMILES string of the molecule is COc1ccc(CCNC(=O)c2cnn(-c3ccc(C)c(C)c3)c2C2CCNCC2)c(OC)c1. The number of hydrogen-bond donors (Lipinski definition) is 2. The molecule has 2 aromatic carbocycles. The standard InChI is InChI=1S/C27H34N4O3/c1-18-5-7-22(15-19(18)2)31-26(21-9-12-28-13-10-21)24(17-30-31)27(32)29-14-11-20-6-8-23(33-3)16-25(20)34-4/h5-8,15-17,21,28H,9-14H2,1-4H3,(H,29,32). The molecular formula is C27H34N4O3. The van der Waals surface area contributed by atoms with Gasteiger partial charge in [-0.05, 0) is 81.1 Å². The van der Waals surface area contributed by atoms with Crippen molar-refractivity contribution in [3.63, 3.8) is 0 Å². The Balaban J connectivity index is 1.55. The quantitative estimate of drug-likeness (QED) is 0.530. The summed E-state index contributed by atoms with van der Waals surface area (Å²) < 4.78 is 12.7. The van der Waals surface area contributed by atoms with Gasteiger partial charge in [-0.1, -0.05) is 12.1 Å². The molecule has 1 aromatic heterocycles. The van der Waals surface area contributed by atoms with Crippen LogP contribution in [0.15, 0.2) is 42.6 Å². The Morgan fingerprint density at radius 3 is 2.59 bits per heavy atom. The molecular weight excluding hydrogens is 428 g/mol. The highest BCUT2D eigenvalue weighted by Crippen LogP contribution is 2.31. The first-order valence-electron chi connectivity index (χ1n) is 11.9. The summed E-state index contributed by atoms with van der Waals surface area (Å²) in [5, 5.41) is 11.2. The van der Waals surface area contributed by atoms with E-state index in [1.165, 1.54) is 11.1 Å². The molecule has 1 aliphatic rings. The van der Waals surface area contributed by atoms with Crippen molar-refractivity contribution in [1.82, 2.24) is 20.4 Å². The maximum atomic E-state index is 13.3. The van der Waals surface area contributed by atoms with Crippen LogP contribution in [0.5, 0.6) is 11.5 Å². The fraction of sp³-hybridized carbons (Fsp3) is 0.407. The molecule has 7 heteroatoms. The van der Waals surface area contributed by atoms with Crippen molar-refractivity contribution in [3.05, 3.63) is 70.5 Å². The molecule has 0 radical (unpaired) electrons. The average Bonchev–Trinajstić information content (AvgIpc) is 3.31. The van der Waals surface area contributed by atoms with Gasteiger partial charge in [0.05, 0.1) is 37.4 Å². The topological polar surface area (TPSA) is 77.4 Å². The summed E-state index contributed by atoms with van der Waals surface area (Å²) in [5.41, 5.74) is 6.14. The maximum absolute atomic E-state index is 13.3. The van der Waals surface area contributed by atoms with Crippen LogP contribution in [0, 0.1) is 13.8 Å². The van der Waals surface area contributed by atoms with E-state index < -0.39 is 0 Å². The number of carbonyl (C=O) groups excluding carboxylic acids is 1. The van der Waals surface area contributed by atoms with Gasteiger partial charge in [0.15, 0.2) is 0 Å². The van der Waals surface area contributed by atoms with Crippen LogP contribution in [-0.2, 0) is 6.42 Å². The number of aryl methyl sites for hydroxylation is 2. The summed E-state index contributed by atoms with van der Waals surface area (Å²) in [6.45, 7) is 6.60. The Morgan fingerprint density at radius 2 is 1.88 bits per heavy atom. The van der Waals surface area contributed by atoms with E-state index >= 15 is 0 Å². The largest absolute Gasteiger partial charge is 0.497 e. The van der Waals surface area contributed by atoms with Crippen LogP contribution in [0.4, 0.5) is 0 Å². The number of hydrogen-bond acceptors (Lipinski definition) is 5. The Kier molecular flexibility index (Phi) is 7.53. The van der Waals surface area contributed by atoms with Gasteiger partial charge in [0.25, 0.3) is 5.91 Å². The van der Waals surface area contributed by atoms with E-state index in [1.807, 2.05) is 22.9 Å². The van der Waals surface area contributed by atoms with Gasteiger partial charge in [-0.2, -0.15) is 5.10 Å². The van der Waals surface area contributed by atoms with Gasteiger partial charge < -0.3 is 20.1 Å². The van der Waals surface area contributed by atoms with Crippen molar-refractivity contribution in [2.24, 2.45) is 0 Å². The fourth-order valence-electron chi connectivity index (χ4n) is 4.55. The second-order valence-electron chi connectivity index (χ2n) is 8.83. The Labute approximate surface area is 201 Å². The number of carbonyl (C=O) groups is 1. The third-order valence-corrected chi connectivity index (χ3v) is 6.69. The molecule has 1 fully saturated rings. The monoisotopic (exact) mass is 462 g/mol. The van der Waals surface area contributed by atoms with Crippen LogP contribution in [0.3, 0.4) is 0 Å². The average molecular weight is 463 g/mol. The summed E-state index contributed by atoms with van der Waals surface area (Å²) in [7, 11) is 3.27. The van der Waals surface area contributed by atoms with Gasteiger partial charge in [-0.3, -0.25) is 4.79 Å². The molecule has 4 rings (SSSR count). The number of aromatic nitrogens is 2. The molecule has 2 N–H and O–H groups in total. The van der Waals surface area contributed by atoms with Crippen LogP contribution < -0.4 is 20.1 Å². The number of nitrogens with zero attached hydrogens (tertiary/aromatic N) is 2. The first-order valence-corrected chi connectivity index (χ1v) is 11.9. The highest BCUT2D eigenvalue weighted by atomic mass is 16.5. The van der Waals surface area contributed by atoms with Crippen molar-refractivity contribution >= 4 is 5.91 Å². The number of nitrogens with one attached hydrogen (secondary N) is 2. The van der Waals surface area contributed by atoms with Crippen molar-refractivity contribution in [1.29, 1.82) is 0 Å². The van der Waals surface area contributed by atoms with E-state index in [0.717, 1.165) is 54.4 Å². The van der Waals surface area contributed by atoms with E-state index in [2.05, 4.69) is 47.8 Å². The third-order valence-electron chi connectivity index (χ3n) is 6.69. The second-order valence-corrected chi connectivity index (χ2v) is 8.83. The van der Waals surface area contributed by atoms with Crippen LogP contribution in [0.25, 0.3) is 5.69 Å². The fourth-order valence-corrected chi connectivity index (χ4v) is 4.55. The Hall–Kier alpha value is -3.32. The summed E-state index contributed by atoms with van der Waals surface area (Å²) in [6, 6.07) is 12.1. The van der Waals surface area contributed by atoms with Crippen LogP contribution >= 0.6 is 0 Å². The Morgan fingerprint density at radius 1 is 1.09 bits per heavy atom. The van der Waals surface area contributed by atoms with Crippen LogP contribution in [-0.4, -0.2) is 49.5 Å². The molecule has 7 nitrogen and oxygen atoms in total. The lowest BCUT2D eigenvalue weighted by Crippen LogP contribution is -2.31. The number of amides is 1. The van der Waals surface area contributed by atoms with E-state index in [1.54, 1.807) is 20.4 Å². The molecule has 0 bridgehead atoms. The zero-order valence-corrected chi connectivity index (χ0v) is 20.5. The lowest BCUT2D eigenvalue weighted by atomic mass is 9.91. The predicted molar refractivity (Wildman–Crippen MR) is 133 cm³/mol. The van der Waals surface area contributed by atoms with Crippen molar-refractivity contribution in [3.8, 4) is 17.2 Å². The lowest BCUT2D eigenvalue weighted by molar-refractivity contribution is 0.0952. The molecule has 1 amide bonds. The number of piperidine rings is 1. The smallest absolute Gasteiger partial charge is 0.254 e. The maximum Gasteiger partial charge on any atom is 0.254 e. The van der Waals surface area contributed by atoms with E-state index in [4.69, 9.17) is 9.47 Å². The molecule has 0 unspecified atom stereocenters. The molecule has 0 atom stereocenters. The van der Waals surface area contributed by atoms with Crippen LogP contribution in [0.2, 0.25) is 0 Å². The van der Waals surface area contributed by atoms with Crippen molar-refractivity contribution in [2.45, 2.75) is 39.0 Å². The summed E-state index contributed by atoms with van der Waals surface area (Å²) >= 11 is 0. The number of ether oxygens (including phenoxy) is 2. The Bertz CT molecular complexity index is 1150. The summed E-state index contributed by atoms with van der Waals surface area (Å²) in [4.78, 5) is 13.3. The summed E-state index contributed by atoms with van der Waals surface area (Å²) in [5.74, 6) is 1.70. The van der Waals surface area contributed by atoms with Crippen LogP contribution in [0.1, 0.15) is 51.5 Å². The van der Waals surface area contributed by atoms with Crippen molar-refractivity contribution < 1.29 is 14.3 Å².